The van der Waals surface area contributed by atoms with Crippen LogP contribution in [0, 0.1) is 22.6 Å². The minimum absolute atomic E-state index is 0.277. The van der Waals surface area contributed by atoms with Crippen LogP contribution >= 0.6 is 0 Å². The van der Waals surface area contributed by atoms with Gasteiger partial charge in [-0.15, -0.1) is 0 Å². The number of para-hydroxylation sites is 1. The quantitative estimate of drug-likeness (QED) is 0.629. The molecule has 0 radical (unpaired) electrons. The van der Waals surface area contributed by atoms with Crippen molar-refractivity contribution in [2.24, 2.45) is 11.1 Å². The van der Waals surface area contributed by atoms with Gasteiger partial charge in [0.05, 0.1) is 12.1 Å². The molecule has 6 nitrogen and oxygen atoms in total. The van der Waals surface area contributed by atoms with E-state index in [9.17, 15) is 19.2 Å². The molecule has 2 aliphatic rings. The van der Waals surface area contributed by atoms with Crippen molar-refractivity contribution in [1.29, 1.82) is 5.26 Å². The van der Waals surface area contributed by atoms with Crippen LogP contribution in [0.5, 0.6) is 0 Å². The summed E-state index contributed by atoms with van der Waals surface area (Å²) in [5.74, 6) is -2.51. The predicted molar refractivity (Wildman–Crippen MR) is 120 cm³/mol. The molecule has 1 aromatic heterocycles. The third kappa shape index (κ3) is 2.95. The molecule has 2 aliphatic heterocycles. The average molecular weight is 438 g/mol. The summed E-state index contributed by atoms with van der Waals surface area (Å²) in [5.41, 5.74) is 6.59. The number of aromatic nitrogens is 1. The number of nitrogens with zero attached hydrogens (tertiary/aromatic N) is 3. The lowest BCUT2D eigenvalue weighted by atomic mass is 9.68. The molecule has 0 aliphatic carbocycles. The molecule has 7 heteroatoms. The molecule has 1 saturated heterocycles. The summed E-state index contributed by atoms with van der Waals surface area (Å²) in [6.45, 7) is 0. The van der Waals surface area contributed by atoms with Crippen LogP contribution in [0.15, 0.2) is 79.1 Å². The van der Waals surface area contributed by atoms with E-state index in [0.29, 0.717) is 5.56 Å². The number of nitriles is 1. The monoisotopic (exact) mass is 438 g/mol. The van der Waals surface area contributed by atoms with Crippen LogP contribution in [0.25, 0.3) is 6.08 Å². The van der Waals surface area contributed by atoms with Crippen molar-refractivity contribution in [1.82, 2.24) is 4.98 Å². The minimum Gasteiger partial charge on any atom is -0.368 e. The van der Waals surface area contributed by atoms with E-state index in [4.69, 9.17) is 5.73 Å². The third-order valence-corrected chi connectivity index (χ3v) is 6.58. The highest BCUT2D eigenvalue weighted by Gasteiger charge is 2.65. The maximum Gasteiger partial charge on any atom is 0.241 e. The fourth-order valence-corrected chi connectivity index (χ4v) is 5.15. The summed E-state index contributed by atoms with van der Waals surface area (Å²) in [6.07, 6.45) is 6.74. The Bertz CT molecular complexity index is 1320. The summed E-state index contributed by atoms with van der Waals surface area (Å²) >= 11 is 0. The number of ketones is 1. The van der Waals surface area contributed by atoms with Crippen molar-refractivity contribution >= 4 is 23.5 Å². The molecule has 2 aromatic carbocycles. The molecule has 0 bridgehead atoms. The molecule has 4 atom stereocenters. The fourth-order valence-electron chi connectivity index (χ4n) is 5.15. The van der Waals surface area contributed by atoms with E-state index in [1.54, 1.807) is 30.6 Å². The van der Waals surface area contributed by atoms with Crippen LogP contribution in [0.2, 0.25) is 0 Å². The Morgan fingerprint density at radius 3 is 2.52 bits per heavy atom. The van der Waals surface area contributed by atoms with Gasteiger partial charge in [-0.2, -0.15) is 5.26 Å². The Kier molecular flexibility index (Phi) is 4.79. The van der Waals surface area contributed by atoms with Gasteiger partial charge in [-0.3, -0.25) is 14.6 Å². The van der Waals surface area contributed by atoms with Crippen molar-refractivity contribution in [3.63, 3.8) is 0 Å². The first-order valence-electron chi connectivity index (χ1n) is 10.5. The highest BCUT2D eigenvalue weighted by molar-refractivity contribution is 6.06. The van der Waals surface area contributed by atoms with Crippen molar-refractivity contribution in [3.05, 3.63) is 102 Å². The molecule has 33 heavy (non-hydrogen) atoms. The van der Waals surface area contributed by atoms with Crippen LogP contribution in [0.3, 0.4) is 0 Å². The summed E-state index contributed by atoms with van der Waals surface area (Å²) < 4.78 is 13.6. The van der Waals surface area contributed by atoms with Gasteiger partial charge in [0, 0.05) is 29.6 Å². The Morgan fingerprint density at radius 1 is 1.09 bits per heavy atom. The minimum atomic E-state index is -1.73. The predicted octanol–water partition coefficient (Wildman–Crippen LogP) is 3.47. The number of Topliss-reactive ketones (excluding diaryl/α,β-unsaturated/α-hetero) is 1. The normalized spacial score (nSPS) is 25.1. The zero-order valence-corrected chi connectivity index (χ0v) is 17.4. The van der Waals surface area contributed by atoms with E-state index < -0.39 is 35.1 Å². The summed E-state index contributed by atoms with van der Waals surface area (Å²) in [7, 11) is 0. The number of hydrogen-bond donors (Lipinski definition) is 1. The second-order valence-corrected chi connectivity index (χ2v) is 8.20. The highest BCUT2D eigenvalue weighted by atomic mass is 19.1. The number of amides is 1. The summed E-state index contributed by atoms with van der Waals surface area (Å²) in [4.78, 5) is 33.0. The van der Waals surface area contributed by atoms with Crippen LogP contribution in [0.1, 0.15) is 27.4 Å². The molecule has 1 fully saturated rings. The number of pyridine rings is 1. The second kappa shape index (κ2) is 7.68. The van der Waals surface area contributed by atoms with Crippen molar-refractivity contribution in [2.45, 2.75) is 18.0 Å². The van der Waals surface area contributed by atoms with Crippen molar-refractivity contribution in [2.75, 3.05) is 4.90 Å². The van der Waals surface area contributed by atoms with Gasteiger partial charge in [0.2, 0.25) is 5.91 Å². The first-order chi connectivity index (χ1) is 16.0. The van der Waals surface area contributed by atoms with Crippen LogP contribution < -0.4 is 10.6 Å². The van der Waals surface area contributed by atoms with E-state index in [2.05, 4.69) is 11.1 Å². The zero-order valence-electron chi connectivity index (χ0n) is 17.4. The van der Waals surface area contributed by atoms with Gasteiger partial charge in [0.25, 0.3) is 0 Å². The number of benzene rings is 2. The van der Waals surface area contributed by atoms with E-state index in [0.717, 1.165) is 11.3 Å². The second-order valence-electron chi connectivity index (χ2n) is 8.20. The van der Waals surface area contributed by atoms with Gasteiger partial charge in [0.15, 0.2) is 11.2 Å². The van der Waals surface area contributed by atoms with Crippen molar-refractivity contribution < 1.29 is 14.0 Å². The molecule has 0 saturated carbocycles. The lowest BCUT2D eigenvalue weighted by Crippen LogP contribution is -2.49. The summed E-state index contributed by atoms with van der Waals surface area (Å²) in [6, 6.07) is 16.6. The molecule has 3 aromatic rings. The number of primary amides is 1. The molecular formula is C26H19FN4O2. The van der Waals surface area contributed by atoms with Gasteiger partial charge >= 0.3 is 0 Å². The van der Waals surface area contributed by atoms with Gasteiger partial charge in [-0.1, -0.05) is 36.4 Å². The molecular weight excluding hydrogens is 419 g/mol. The number of halogens is 1. The SMILES string of the molecule is N#C[C@]1(C(N)=O)[C@@H]2C=Cc3ccccc3N2[C@H](C(=O)c2ccc(F)cc2)[C@@H]1c1cccnc1. The summed E-state index contributed by atoms with van der Waals surface area (Å²) in [5, 5.41) is 10.4. The number of carbonyl (C=O) groups excluding carboxylic acids is 2. The molecule has 3 heterocycles. The Morgan fingerprint density at radius 2 is 1.85 bits per heavy atom. The number of rotatable bonds is 4. The van der Waals surface area contributed by atoms with E-state index in [1.165, 1.54) is 24.3 Å². The average Bonchev–Trinajstić information content (AvgIpc) is 3.16. The van der Waals surface area contributed by atoms with E-state index >= 15 is 0 Å². The fraction of sp³-hybridized carbons (Fsp3) is 0.154. The molecule has 0 unspecified atom stereocenters. The Balaban J connectivity index is 1.80. The number of nitrogens with two attached hydrogens (primary N) is 1. The number of hydrogen-bond acceptors (Lipinski definition) is 5. The highest BCUT2D eigenvalue weighted by Crippen LogP contribution is 2.55. The molecule has 1 amide bonds. The van der Waals surface area contributed by atoms with E-state index in [-0.39, 0.29) is 11.3 Å². The van der Waals surface area contributed by atoms with Crippen molar-refractivity contribution in [3.8, 4) is 6.07 Å². The lowest BCUT2D eigenvalue weighted by molar-refractivity contribution is -0.125. The van der Waals surface area contributed by atoms with E-state index in [1.807, 2.05) is 35.2 Å². The number of carbonyl (C=O) groups is 2. The number of anilines is 1. The van der Waals surface area contributed by atoms with Gasteiger partial charge in [0.1, 0.15) is 11.9 Å². The molecule has 0 spiro atoms. The largest absolute Gasteiger partial charge is 0.368 e. The first-order valence-corrected chi connectivity index (χ1v) is 10.5. The lowest BCUT2D eigenvalue weighted by Gasteiger charge is -2.36. The molecule has 162 valence electrons. The van der Waals surface area contributed by atoms with Crippen LogP contribution in [0.4, 0.5) is 10.1 Å². The molecule has 5 rings (SSSR count). The van der Waals surface area contributed by atoms with Crippen LogP contribution in [-0.2, 0) is 4.79 Å². The van der Waals surface area contributed by atoms with Crippen LogP contribution in [-0.4, -0.2) is 28.8 Å². The smallest absolute Gasteiger partial charge is 0.241 e. The molecule has 2 N–H and O–H groups in total. The Labute approximate surface area is 189 Å². The number of fused-ring (bicyclic) bond motifs is 3. The van der Waals surface area contributed by atoms with Gasteiger partial charge in [-0.05, 0) is 47.5 Å². The van der Waals surface area contributed by atoms with Gasteiger partial charge < -0.3 is 10.6 Å². The standard InChI is InChI=1S/C26H19FN4O2/c27-19-10-7-17(8-11-19)24(32)23-22(18-5-3-13-30-14-18)26(15-28,25(29)33)21-12-9-16-4-1-2-6-20(16)31(21)23/h1-14,21-23H,(H2,29,33)/t21-,22-,23-,26-/m0/s1. The maximum absolute atomic E-state index is 14.0. The topological polar surface area (TPSA) is 100 Å². The Hall–Kier alpha value is -4.31. The zero-order chi connectivity index (χ0) is 23.2. The maximum atomic E-state index is 14.0. The van der Waals surface area contributed by atoms with Gasteiger partial charge in [-0.25, -0.2) is 4.39 Å². The third-order valence-electron chi connectivity index (χ3n) is 6.58. The first kappa shape index (κ1) is 20.6.